The van der Waals surface area contributed by atoms with E-state index in [1.807, 2.05) is 43.4 Å². The van der Waals surface area contributed by atoms with Gasteiger partial charge < -0.3 is 9.16 Å². The highest BCUT2D eigenvalue weighted by molar-refractivity contribution is 6.74. The summed E-state index contributed by atoms with van der Waals surface area (Å²) in [5, 5.41) is -0.0357. The minimum atomic E-state index is -2.13. The van der Waals surface area contributed by atoms with Gasteiger partial charge in [-0.2, -0.15) is 0 Å². The van der Waals surface area contributed by atoms with Crippen LogP contribution in [0.2, 0.25) is 18.1 Å². The molecule has 0 aliphatic carbocycles. The van der Waals surface area contributed by atoms with Crippen LogP contribution >= 0.6 is 0 Å². The Morgan fingerprint density at radius 1 is 1.26 bits per heavy atom. The summed E-state index contributed by atoms with van der Waals surface area (Å²) in [7, 11) is -2.13. The first kappa shape index (κ1) is 14.3. The Bertz CT molecular complexity index is 440. The largest absolute Gasteiger partial charge is 0.459 e. The number of carbonyl (C=O) groups excluding carboxylic acids is 1. The minimum Gasteiger partial charge on any atom is -0.459 e. The van der Waals surface area contributed by atoms with Crippen LogP contribution in [0.1, 0.15) is 27.7 Å². The summed E-state index contributed by atoms with van der Waals surface area (Å²) in [6.07, 6.45) is 0. The van der Waals surface area contributed by atoms with E-state index in [9.17, 15) is 4.79 Å². The van der Waals surface area contributed by atoms with Gasteiger partial charge in [-0.15, -0.1) is 0 Å². The molecule has 3 nitrogen and oxygen atoms in total. The fourth-order valence-electron chi connectivity index (χ4n) is 1.13. The van der Waals surface area contributed by atoms with Crippen molar-refractivity contribution in [1.82, 2.24) is 0 Å². The first-order valence-corrected chi connectivity index (χ1v) is 9.35. The van der Waals surface area contributed by atoms with Gasteiger partial charge >= 0.3 is 5.97 Å². The van der Waals surface area contributed by atoms with Crippen molar-refractivity contribution < 1.29 is 15.3 Å². The molecular weight excluding hydrogens is 256 g/mol. The summed E-state index contributed by atoms with van der Waals surface area (Å²) in [5.74, 6) is -0.626. The van der Waals surface area contributed by atoms with Crippen molar-refractivity contribution in [2.24, 2.45) is 0 Å². The van der Waals surface area contributed by atoms with Crippen molar-refractivity contribution in [2.45, 2.75) is 45.5 Å². The lowest BCUT2D eigenvalue weighted by Crippen LogP contribution is -2.42. The van der Waals surface area contributed by atoms with Crippen LogP contribution in [0, 0.1) is 0 Å². The van der Waals surface area contributed by atoms with Crippen LogP contribution in [0.5, 0.6) is 0 Å². The molecule has 0 saturated heterocycles. The average molecular weight is 282 g/mol. The number of rotatable bonds is 5. The topological polar surface area (TPSA) is 35.5 Å². The lowest BCUT2D eigenvalue weighted by molar-refractivity contribution is -0.147. The van der Waals surface area contributed by atoms with Crippen LogP contribution in [0.15, 0.2) is 30.3 Å². The molecule has 0 spiro atoms. The van der Waals surface area contributed by atoms with E-state index < -0.39 is 20.9 Å². The van der Waals surface area contributed by atoms with Gasteiger partial charge in [-0.05, 0) is 23.7 Å². The Morgan fingerprint density at radius 3 is 2.37 bits per heavy atom. The molecule has 1 rings (SSSR count). The second-order valence-electron chi connectivity index (χ2n) is 6.09. The lowest BCUT2D eigenvalue weighted by Gasteiger charge is -2.35. The third-order valence-electron chi connectivity index (χ3n) is 3.48. The zero-order chi connectivity index (χ0) is 15.4. The molecule has 1 atom stereocenters. The van der Waals surface area contributed by atoms with Crippen LogP contribution in [0.3, 0.4) is 0 Å². The molecule has 0 aliphatic heterocycles. The van der Waals surface area contributed by atoms with Gasteiger partial charge in [-0.25, -0.2) is 4.79 Å². The molecule has 0 bridgehead atoms. The maximum absolute atomic E-state index is 11.8. The molecule has 19 heavy (non-hydrogen) atoms. The monoisotopic (exact) mass is 282 g/mol. The summed E-state index contributed by atoms with van der Waals surface area (Å²) in [6.45, 7) is 9.15. The molecule has 0 fully saturated rings. The minimum absolute atomic E-state index is 0.0357. The first-order valence-electron chi connectivity index (χ1n) is 7.02. The van der Waals surface area contributed by atoms with Crippen molar-refractivity contribution in [3.05, 3.63) is 35.9 Å². The number of esters is 1. The van der Waals surface area contributed by atoms with E-state index in [1.165, 1.54) is 0 Å². The quantitative estimate of drug-likeness (QED) is 0.609. The van der Waals surface area contributed by atoms with Crippen LogP contribution < -0.4 is 0 Å². The maximum atomic E-state index is 11.8. The van der Waals surface area contributed by atoms with Crippen molar-refractivity contribution in [1.29, 1.82) is 0 Å². The lowest BCUT2D eigenvalue weighted by atomic mass is 10.2. The van der Waals surface area contributed by atoms with E-state index in [-0.39, 0.29) is 11.6 Å². The van der Waals surface area contributed by atoms with Gasteiger partial charge in [0.1, 0.15) is 13.2 Å². The maximum Gasteiger partial charge on any atom is 0.331 e. The van der Waals surface area contributed by atoms with Gasteiger partial charge in [-0.1, -0.05) is 51.1 Å². The van der Waals surface area contributed by atoms with E-state index in [1.54, 1.807) is 0 Å². The van der Waals surface area contributed by atoms with E-state index >= 15 is 0 Å². The van der Waals surface area contributed by atoms with E-state index in [0.717, 1.165) is 5.56 Å². The number of hydrogen-bond donors (Lipinski definition) is 0. The first-order chi connectivity index (χ1) is 9.13. The molecule has 106 valence electrons. The van der Waals surface area contributed by atoms with Crippen molar-refractivity contribution in [3.63, 3.8) is 0 Å². The Kier molecular flexibility index (Phi) is 4.77. The summed E-state index contributed by atoms with van der Waals surface area (Å²) in [5.41, 5.74) is 0.903. The number of ether oxygens (including phenoxy) is 1. The molecular formula is C15H24O3Si. The third-order valence-corrected chi connectivity index (χ3v) is 7.80. The summed E-state index contributed by atoms with van der Waals surface area (Å²) >= 11 is 0. The Morgan fingerprint density at radius 2 is 1.84 bits per heavy atom. The fourth-order valence-corrected chi connectivity index (χ4v) is 1.88. The normalized spacial score (nSPS) is 14.7. The SMILES string of the molecule is [3H][C@@H](O[Si](C)(C)C(C)(C)C)C(=O)OCc1ccccc1. The molecule has 0 N–H and O–H groups in total. The average Bonchev–Trinajstić information content (AvgIpc) is 2.35. The molecule has 0 saturated carbocycles. The number of carbonyl (C=O) groups is 1. The predicted molar refractivity (Wildman–Crippen MR) is 79.4 cm³/mol. The van der Waals surface area contributed by atoms with Crippen LogP contribution in [0.25, 0.3) is 0 Å². The number of hydrogen-bond acceptors (Lipinski definition) is 3. The van der Waals surface area contributed by atoms with Crippen molar-refractivity contribution in [3.8, 4) is 0 Å². The molecule has 0 aromatic heterocycles. The fraction of sp³-hybridized carbons (Fsp3) is 0.533. The van der Waals surface area contributed by atoms with Gasteiger partial charge in [0, 0.05) is 0 Å². The molecule has 0 aliphatic rings. The second kappa shape index (κ2) is 6.35. The van der Waals surface area contributed by atoms with E-state index in [2.05, 4.69) is 20.8 Å². The van der Waals surface area contributed by atoms with Crippen LogP contribution in [0.4, 0.5) is 0 Å². The molecule has 1 aromatic rings. The zero-order valence-corrected chi connectivity index (χ0v) is 13.4. The highest BCUT2D eigenvalue weighted by atomic mass is 28.4. The van der Waals surface area contributed by atoms with Crippen LogP contribution in [-0.2, 0) is 20.6 Å². The second-order valence-corrected chi connectivity index (χ2v) is 10.8. The third kappa shape index (κ3) is 5.16. The molecule has 0 unspecified atom stereocenters. The smallest absolute Gasteiger partial charge is 0.331 e. The van der Waals surface area contributed by atoms with E-state index in [4.69, 9.17) is 10.5 Å². The molecule has 1 aromatic carbocycles. The molecule has 0 radical (unpaired) electrons. The highest BCUT2D eigenvalue weighted by Gasteiger charge is 2.37. The zero-order valence-electron chi connectivity index (χ0n) is 13.4. The Labute approximate surface area is 118 Å². The Hall–Kier alpha value is -1.13. The van der Waals surface area contributed by atoms with Crippen molar-refractivity contribution in [2.75, 3.05) is 6.58 Å². The van der Waals surface area contributed by atoms with E-state index in [0.29, 0.717) is 0 Å². The molecule has 4 heteroatoms. The number of benzene rings is 1. The van der Waals surface area contributed by atoms with Gasteiger partial charge in [0.2, 0.25) is 0 Å². The Balaban J connectivity index is 2.52. The summed E-state index contributed by atoms with van der Waals surface area (Å²) in [6, 6.07) is 9.42. The summed E-state index contributed by atoms with van der Waals surface area (Å²) in [4.78, 5) is 11.8. The highest BCUT2D eigenvalue weighted by Crippen LogP contribution is 2.36. The summed E-state index contributed by atoms with van der Waals surface area (Å²) < 4.78 is 18.6. The standard InChI is InChI=1S/C15H24O3Si/c1-15(2,3)19(4,5)18-12-14(16)17-11-13-9-7-6-8-10-13/h6-10H,11-12H2,1-5H3/i12T/t12-/m1/s1. The van der Waals surface area contributed by atoms with Gasteiger partial charge in [0.15, 0.2) is 8.32 Å². The predicted octanol–water partition coefficient (Wildman–Crippen LogP) is 3.75. The van der Waals surface area contributed by atoms with Gasteiger partial charge in [0.25, 0.3) is 0 Å². The van der Waals surface area contributed by atoms with Crippen LogP contribution in [-0.4, -0.2) is 20.9 Å². The van der Waals surface area contributed by atoms with Crippen molar-refractivity contribution >= 4 is 14.3 Å². The van der Waals surface area contributed by atoms with Gasteiger partial charge in [-0.3, -0.25) is 0 Å². The molecule has 0 amide bonds. The molecule has 0 heterocycles. The van der Waals surface area contributed by atoms with Gasteiger partial charge in [0.05, 0.1) is 1.37 Å².